The van der Waals surface area contributed by atoms with Crippen LogP contribution >= 0.6 is 0 Å². The Hall–Kier alpha value is -1.90. The Kier molecular flexibility index (Phi) is 3.84. The van der Waals surface area contributed by atoms with Crippen molar-refractivity contribution in [3.8, 4) is 11.3 Å². The number of nitrogens with zero attached hydrogens (tertiary/aromatic N) is 2. The van der Waals surface area contributed by atoms with E-state index in [4.69, 9.17) is 0 Å². The van der Waals surface area contributed by atoms with Crippen molar-refractivity contribution in [3.63, 3.8) is 0 Å². The van der Waals surface area contributed by atoms with E-state index in [0.717, 1.165) is 17.9 Å². The molecule has 2 aromatic rings. The van der Waals surface area contributed by atoms with Crippen LogP contribution in [0.25, 0.3) is 11.3 Å². The number of hydrogen-bond donors (Lipinski definition) is 1. The first kappa shape index (κ1) is 13.5. The second-order valence-electron chi connectivity index (χ2n) is 5.00. The summed E-state index contributed by atoms with van der Waals surface area (Å²) in [4.78, 5) is 9.00. The summed E-state index contributed by atoms with van der Waals surface area (Å²) in [6, 6.07) is 6.47. The van der Waals surface area contributed by atoms with Crippen molar-refractivity contribution in [3.05, 3.63) is 40.6 Å². The lowest BCUT2D eigenvalue weighted by atomic mass is 9.98. The van der Waals surface area contributed by atoms with E-state index in [0.29, 0.717) is 5.95 Å². The van der Waals surface area contributed by atoms with Crippen LogP contribution in [-0.2, 0) is 0 Å². The van der Waals surface area contributed by atoms with Crippen molar-refractivity contribution in [1.82, 2.24) is 9.97 Å². The monoisotopic (exact) mass is 255 g/mol. The molecule has 3 heteroatoms. The van der Waals surface area contributed by atoms with Gasteiger partial charge in [0.05, 0.1) is 5.69 Å². The van der Waals surface area contributed by atoms with Gasteiger partial charge in [0, 0.05) is 17.8 Å². The first-order chi connectivity index (χ1) is 9.01. The van der Waals surface area contributed by atoms with E-state index >= 15 is 0 Å². The maximum Gasteiger partial charge on any atom is 0.223 e. The van der Waals surface area contributed by atoms with Gasteiger partial charge in [0.1, 0.15) is 0 Å². The summed E-state index contributed by atoms with van der Waals surface area (Å²) in [6.45, 7) is 11.3. The molecule has 0 saturated heterocycles. The molecule has 0 atom stereocenters. The Balaban J connectivity index is 2.55. The number of aryl methyl sites for hydroxylation is 4. The predicted octanol–water partition coefficient (Wildman–Crippen LogP) is 3.81. The lowest BCUT2D eigenvalue weighted by Gasteiger charge is -2.11. The number of hydrogen-bond acceptors (Lipinski definition) is 3. The normalized spacial score (nSPS) is 10.6. The van der Waals surface area contributed by atoms with E-state index in [1.165, 1.54) is 22.3 Å². The van der Waals surface area contributed by atoms with Crippen molar-refractivity contribution in [1.29, 1.82) is 0 Å². The summed E-state index contributed by atoms with van der Waals surface area (Å²) in [5.41, 5.74) is 7.03. The van der Waals surface area contributed by atoms with Crippen LogP contribution in [0.3, 0.4) is 0 Å². The minimum atomic E-state index is 0.704. The highest BCUT2D eigenvalue weighted by Gasteiger charge is 2.08. The first-order valence-electron chi connectivity index (χ1n) is 6.69. The second kappa shape index (κ2) is 5.39. The molecule has 19 heavy (non-hydrogen) atoms. The maximum atomic E-state index is 4.60. The van der Waals surface area contributed by atoms with Crippen molar-refractivity contribution in [2.45, 2.75) is 34.6 Å². The van der Waals surface area contributed by atoms with Gasteiger partial charge in [0.25, 0.3) is 0 Å². The summed E-state index contributed by atoms with van der Waals surface area (Å²) < 4.78 is 0. The van der Waals surface area contributed by atoms with E-state index in [1.54, 1.807) is 0 Å². The average molecular weight is 255 g/mol. The highest BCUT2D eigenvalue weighted by atomic mass is 15.1. The highest BCUT2D eigenvalue weighted by molar-refractivity contribution is 5.66. The molecule has 0 amide bonds. The van der Waals surface area contributed by atoms with Gasteiger partial charge < -0.3 is 5.32 Å². The van der Waals surface area contributed by atoms with Gasteiger partial charge in [-0.1, -0.05) is 6.07 Å². The van der Waals surface area contributed by atoms with Gasteiger partial charge in [0.2, 0.25) is 5.95 Å². The third kappa shape index (κ3) is 2.92. The molecule has 0 spiro atoms. The zero-order chi connectivity index (χ0) is 14.0. The fourth-order valence-electron chi connectivity index (χ4n) is 2.18. The van der Waals surface area contributed by atoms with Crippen LogP contribution < -0.4 is 5.32 Å². The molecule has 1 heterocycles. The zero-order valence-electron chi connectivity index (χ0n) is 12.3. The molecule has 1 aromatic heterocycles. The average Bonchev–Trinajstić information content (AvgIpc) is 2.33. The van der Waals surface area contributed by atoms with E-state index in [9.17, 15) is 0 Å². The molecule has 100 valence electrons. The molecule has 0 fully saturated rings. The molecule has 2 rings (SSSR count). The summed E-state index contributed by atoms with van der Waals surface area (Å²) in [5.74, 6) is 0.704. The van der Waals surface area contributed by atoms with Gasteiger partial charge in [-0.3, -0.25) is 0 Å². The Morgan fingerprint density at radius 3 is 2.26 bits per heavy atom. The van der Waals surface area contributed by atoms with Crippen LogP contribution in [0.15, 0.2) is 18.2 Å². The smallest absolute Gasteiger partial charge is 0.223 e. The molecular formula is C16H21N3. The molecule has 0 bridgehead atoms. The molecule has 3 nitrogen and oxygen atoms in total. The number of aromatic nitrogens is 2. The standard InChI is InChI=1S/C16H21N3/c1-6-17-16-18-13(5)9-15(19-16)14-8-11(3)10(2)7-12(14)4/h7-9H,6H2,1-5H3,(H,17,18,19). The Morgan fingerprint density at radius 1 is 0.895 bits per heavy atom. The molecular weight excluding hydrogens is 234 g/mol. The Labute approximate surface area is 115 Å². The van der Waals surface area contributed by atoms with Crippen LogP contribution in [0.4, 0.5) is 5.95 Å². The van der Waals surface area contributed by atoms with Crippen molar-refractivity contribution < 1.29 is 0 Å². The summed E-state index contributed by atoms with van der Waals surface area (Å²) in [7, 11) is 0. The molecule has 0 unspecified atom stereocenters. The first-order valence-corrected chi connectivity index (χ1v) is 6.69. The van der Waals surface area contributed by atoms with Crippen molar-refractivity contribution in [2.75, 3.05) is 11.9 Å². The quantitative estimate of drug-likeness (QED) is 0.906. The minimum absolute atomic E-state index is 0.704. The lowest BCUT2D eigenvalue weighted by Crippen LogP contribution is -2.04. The van der Waals surface area contributed by atoms with Crippen LogP contribution in [-0.4, -0.2) is 16.5 Å². The lowest BCUT2D eigenvalue weighted by molar-refractivity contribution is 1.05. The predicted molar refractivity (Wildman–Crippen MR) is 80.6 cm³/mol. The molecule has 1 aromatic carbocycles. The molecule has 0 aliphatic carbocycles. The maximum absolute atomic E-state index is 4.60. The number of benzene rings is 1. The van der Waals surface area contributed by atoms with Gasteiger partial charge in [-0.2, -0.15) is 0 Å². The van der Waals surface area contributed by atoms with E-state index < -0.39 is 0 Å². The summed E-state index contributed by atoms with van der Waals surface area (Å²) in [6.07, 6.45) is 0. The minimum Gasteiger partial charge on any atom is -0.354 e. The van der Waals surface area contributed by atoms with E-state index in [2.05, 4.69) is 48.2 Å². The number of anilines is 1. The second-order valence-corrected chi connectivity index (χ2v) is 5.00. The van der Waals surface area contributed by atoms with Crippen LogP contribution in [0, 0.1) is 27.7 Å². The molecule has 1 N–H and O–H groups in total. The van der Waals surface area contributed by atoms with Crippen LogP contribution in [0.2, 0.25) is 0 Å². The highest BCUT2D eigenvalue weighted by Crippen LogP contribution is 2.26. The number of rotatable bonds is 3. The van der Waals surface area contributed by atoms with Crippen LogP contribution in [0.5, 0.6) is 0 Å². The van der Waals surface area contributed by atoms with Crippen molar-refractivity contribution in [2.24, 2.45) is 0 Å². The third-order valence-corrected chi connectivity index (χ3v) is 3.31. The Bertz CT molecular complexity index is 603. The van der Waals surface area contributed by atoms with E-state index in [-0.39, 0.29) is 0 Å². The molecule has 0 aliphatic heterocycles. The van der Waals surface area contributed by atoms with Gasteiger partial charge in [0.15, 0.2) is 0 Å². The summed E-state index contributed by atoms with van der Waals surface area (Å²) in [5, 5.41) is 3.18. The third-order valence-electron chi connectivity index (χ3n) is 3.31. The SMILES string of the molecule is CCNc1nc(C)cc(-c2cc(C)c(C)cc2C)n1. The van der Waals surface area contributed by atoms with Crippen LogP contribution in [0.1, 0.15) is 29.3 Å². The molecule has 0 saturated carbocycles. The topological polar surface area (TPSA) is 37.8 Å². The van der Waals surface area contributed by atoms with Gasteiger partial charge in [-0.25, -0.2) is 9.97 Å². The van der Waals surface area contributed by atoms with Crippen molar-refractivity contribution >= 4 is 5.95 Å². The Morgan fingerprint density at radius 2 is 1.58 bits per heavy atom. The fraction of sp³-hybridized carbons (Fsp3) is 0.375. The largest absolute Gasteiger partial charge is 0.354 e. The van der Waals surface area contributed by atoms with Gasteiger partial charge >= 0.3 is 0 Å². The summed E-state index contributed by atoms with van der Waals surface area (Å²) >= 11 is 0. The number of nitrogens with one attached hydrogen (secondary N) is 1. The van der Waals surface area contributed by atoms with Gasteiger partial charge in [-0.15, -0.1) is 0 Å². The molecule has 0 radical (unpaired) electrons. The zero-order valence-corrected chi connectivity index (χ0v) is 12.3. The van der Waals surface area contributed by atoms with Gasteiger partial charge in [-0.05, 0) is 63.4 Å². The van der Waals surface area contributed by atoms with E-state index in [1.807, 2.05) is 19.9 Å². The fourth-order valence-corrected chi connectivity index (χ4v) is 2.18. The molecule has 0 aliphatic rings.